The zero-order valence-electron chi connectivity index (χ0n) is 9.82. The number of Topliss-reactive ketones (excluding diaryl/α,β-unsaturated/α-hetero) is 2. The maximum absolute atomic E-state index is 11.5. The number of ketones is 2. The molecule has 0 radical (unpaired) electrons. The number of carbonyl (C=O) groups is 2. The molecule has 0 heterocycles. The van der Waals surface area contributed by atoms with Gasteiger partial charge in [-0.1, -0.05) is 0 Å². The fraction of sp³-hybridized carbons (Fsp3) is 0.385. The summed E-state index contributed by atoms with van der Waals surface area (Å²) in [6, 6.07) is 6.85. The first-order valence-corrected chi connectivity index (χ1v) is 5.28. The summed E-state index contributed by atoms with van der Waals surface area (Å²) in [4.78, 5) is 22.3. The van der Waals surface area contributed by atoms with Crippen molar-refractivity contribution in [3.63, 3.8) is 0 Å². The topological polar surface area (TPSA) is 43.4 Å². The Hall–Kier alpha value is -1.64. The second-order valence-corrected chi connectivity index (χ2v) is 3.99. The van der Waals surface area contributed by atoms with Crippen LogP contribution in [0.5, 0.6) is 5.75 Å². The molecule has 0 aliphatic carbocycles. The Kier molecular flexibility index (Phi) is 4.23. The quantitative estimate of drug-likeness (QED) is 0.566. The first kappa shape index (κ1) is 12.4. The van der Waals surface area contributed by atoms with Gasteiger partial charge in [0.2, 0.25) is 0 Å². The summed E-state index contributed by atoms with van der Waals surface area (Å²) in [6.07, 6.45) is 0.0727. The Morgan fingerprint density at radius 2 is 1.75 bits per heavy atom. The third-order valence-electron chi connectivity index (χ3n) is 1.96. The van der Waals surface area contributed by atoms with E-state index in [0.717, 1.165) is 5.75 Å². The van der Waals surface area contributed by atoms with Crippen molar-refractivity contribution in [1.82, 2.24) is 0 Å². The molecule has 86 valence electrons. The van der Waals surface area contributed by atoms with Crippen LogP contribution in [0.4, 0.5) is 0 Å². The van der Waals surface area contributed by atoms with E-state index in [1.807, 2.05) is 13.8 Å². The van der Waals surface area contributed by atoms with Crippen molar-refractivity contribution in [2.75, 3.05) is 0 Å². The number of carbonyl (C=O) groups excluding carboxylic acids is 2. The predicted molar refractivity (Wildman–Crippen MR) is 61.8 cm³/mol. The summed E-state index contributed by atoms with van der Waals surface area (Å²) >= 11 is 0. The molecule has 0 spiro atoms. The van der Waals surface area contributed by atoms with Gasteiger partial charge in [0.15, 0.2) is 5.78 Å². The molecule has 3 nitrogen and oxygen atoms in total. The molecule has 1 aromatic carbocycles. The molecule has 0 saturated heterocycles. The first-order valence-electron chi connectivity index (χ1n) is 5.28. The van der Waals surface area contributed by atoms with Crippen molar-refractivity contribution in [2.24, 2.45) is 0 Å². The zero-order chi connectivity index (χ0) is 12.1. The van der Waals surface area contributed by atoms with Crippen LogP contribution in [-0.2, 0) is 4.79 Å². The summed E-state index contributed by atoms with van der Waals surface area (Å²) in [5, 5.41) is 0. The van der Waals surface area contributed by atoms with Crippen molar-refractivity contribution in [1.29, 1.82) is 0 Å². The fourth-order valence-corrected chi connectivity index (χ4v) is 1.32. The van der Waals surface area contributed by atoms with Gasteiger partial charge >= 0.3 is 0 Å². The Labute approximate surface area is 95.4 Å². The van der Waals surface area contributed by atoms with E-state index in [4.69, 9.17) is 4.74 Å². The summed E-state index contributed by atoms with van der Waals surface area (Å²) < 4.78 is 5.45. The molecule has 0 aliphatic heterocycles. The van der Waals surface area contributed by atoms with Crippen LogP contribution in [-0.4, -0.2) is 17.7 Å². The molecule has 0 aliphatic rings. The fourth-order valence-electron chi connectivity index (χ4n) is 1.32. The van der Waals surface area contributed by atoms with Gasteiger partial charge in [0, 0.05) is 5.56 Å². The second-order valence-electron chi connectivity index (χ2n) is 3.99. The smallest absolute Gasteiger partial charge is 0.170 e. The Bertz CT molecular complexity index is 377. The van der Waals surface area contributed by atoms with Crippen molar-refractivity contribution in [2.45, 2.75) is 33.3 Å². The van der Waals surface area contributed by atoms with E-state index in [9.17, 15) is 9.59 Å². The molecule has 0 bridgehead atoms. The highest BCUT2D eigenvalue weighted by molar-refractivity contribution is 6.07. The molecule has 0 unspecified atom stereocenters. The first-order chi connectivity index (χ1) is 7.49. The minimum atomic E-state index is -0.149. The van der Waals surface area contributed by atoms with E-state index in [1.54, 1.807) is 24.3 Å². The third-order valence-corrected chi connectivity index (χ3v) is 1.96. The van der Waals surface area contributed by atoms with Crippen LogP contribution < -0.4 is 4.74 Å². The zero-order valence-corrected chi connectivity index (χ0v) is 9.82. The standard InChI is InChI=1S/C13H16O3/c1-9(2)16-12-6-4-11(5-7-12)13(15)8-10(3)14/h4-7,9H,8H2,1-3H3. The van der Waals surface area contributed by atoms with Crippen molar-refractivity contribution < 1.29 is 14.3 Å². The molecule has 1 aromatic rings. The van der Waals surface area contributed by atoms with Gasteiger partial charge in [-0.05, 0) is 45.0 Å². The third kappa shape index (κ3) is 3.85. The molecule has 0 atom stereocenters. The van der Waals surface area contributed by atoms with E-state index < -0.39 is 0 Å². The summed E-state index contributed by atoms with van der Waals surface area (Å²) in [7, 11) is 0. The van der Waals surface area contributed by atoms with Gasteiger partial charge in [0.1, 0.15) is 11.5 Å². The van der Waals surface area contributed by atoms with E-state index in [0.29, 0.717) is 5.56 Å². The van der Waals surface area contributed by atoms with Gasteiger partial charge in [0.25, 0.3) is 0 Å². The van der Waals surface area contributed by atoms with E-state index in [1.165, 1.54) is 6.92 Å². The van der Waals surface area contributed by atoms with Gasteiger partial charge in [0.05, 0.1) is 12.5 Å². The monoisotopic (exact) mass is 220 g/mol. The average molecular weight is 220 g/mol. The molecular formula is C13H16O3. The molecule has 0 amide bonds. The summed E-state index contributed by atoms with van der Waals surface area (Å²) in [5.74, 6) is 0.463. The van der Waals surface area contributed by atoms with Crippen molar-refractivity contribution in [3.05, 3.63) is 29.8 Å². The largest absolute Gasteiger partial charge is 0.491 e. The van der Waals surface area contributed by atoms with Gasteiger partial charge in [-0.25, -0.2) is 0 Å². The average Bonchev–Trinajstić information content (AvgIpc) is 2.16. The Balaban J connectivity index is 2.71. The van der Waals surface area contributed by atoms with Crippen molar-refractivity contribution >= 4 is 11.6 Å². The lowest BCUT2D eigenvalue weighted by atomic mass is 10.1. The number of rotatable bonds is 5. The van der Waals surface area contributed by atoms with Crippen LogP contribution in [0.3, 0.4) is 0 Å². The van der Waals surface area contributed by atoms with E-state index >= 15 is 0 Å². The molecule has 0 fully saturated rings. The van der Waals surface area contributed by atoms with Gasteiger partial charge in [-0.15, -0.1) is 0 Å². The maximum Gasteiger partial charge on any atom is 0.170 e. The molecule has 0 aromatic heterocycles. The highest BCUT2D eigenvalue weighted by Gasteiger charge is 2.08. The highest BCUT2D eigenvalue weighted by atomic mass is 16.5. The van der Waals surface area contributed by atoms with Crippen LogP contribution in [0.1, 0.15) is 37.6 Å². The molecule has 16 heavy (non-hydrogen) atoms. The maximum atomic E-state index is 11.5. The van der Waals surface area contributed by atoms with Crippen LogP contribution in [0.2, 0.25) is 0 Å². The lowest BCUT2D eigenvalue weighted by Gasteiger charge is -2.09. The molecular weight excluding hydrogens is 204 g/mol. The van der Waals surface area contributed by atoms with Crippen LogP contribution in [0.25, 0.3) is 0 Å². The Morgan fingerprint density at radius 1 is 1.19 bits per heavy atom. The highest BCUT2D eigenvalue weighted by Crippen LogP contribution is 2.14. The second kappa shape index (κ2) is 5.45. The number of hydrogen-bond donors (Lipinski definition) is 0. The lowest BCUT2D eigenvalue weighted by Crippen LogP contribution is -2.07. The minimum absolute atomic E-state index is 0.0373. The minimum Gasteiger partial charge on any atom is -0.491 e. The molecule has 0 saturated carbocycles. The number of ether oxygens (including phenoxy) is 1. The van der Waals surface area contributed by atoms with Crippen LogP contribution >= 0.6 is 0 Å². The van der Waals surface area contributed by atoms with Gasteiger partial charge in [-0.2, -0.15) is 0 Å². The summed E-state index contributed by atoms with van der Waals surface area (Å²) in [6.45, 7) is 5.29. The van der Waals surface area contributed by atoms with E-state index in [2.05, 4.69) is 0 Å². The van der Waals surface area contributed by atoms with Crippen LogP contribution in [0.15, 0.2) is 24.3 Å². The van der Waals surface area contributed by atoms with Crippen LogP contribution in [0, 0.1) is 0 Å². The van der Waals surface area contributed by atoms with E-state index in [-0.39, 0.29) is 24.1 Å². The molecule has 1 rings (SSSR count). The predicted octanol–water partition coefficient (Wildman–Crippen LogP) is 2.64. The molecule has 0 N–H and O–H groups in total. The summed E-state index contributed by atoms with van der Waals surface area (Å²) in [5.41, 5.74) is 0.548. The molecule has 3 heteroatoms. The van der Waals surface area contributed by atoms with Gasteiger partial charge in [-0.3, -0.25) is 9.59 Å². The SMILES string of the molecule is CC(=O)CC(=O)c1ccc(OC(C)C)cc1. The number of hydrogen-bond acceptors (Lipinski definition) is 3. The normalized spacial score (nSPS) is 10.2. The number of benzene rings is 1. The van der Waals surface area contributed by atoms with Crippen molar-refractivity contribution in [3.8, 4) is 5.75 Å². The lowest BCUT2D eigenvalue weighted by molar-refractivity contribution is -0.116. The van der Waals surface area contributed by atoms with Gasteiger partial charge < -0.3 is 4.74 Å². The Morgan fingerprint density at radius 3 is 2.19 bits per heavy atom.